The third-order valence-electron chi connectivity index (χ3n) is 4.08. The molecule has 0 bridgehead atoms. The van der Waals surface area contributed by atoms with Crippen LogP contribution in [0, 0.1) is 11.7 Å². The SMILES string of the molecule is CNC(CCc1ccc(F)cc1Br)C1CCCC1. The zero-order chi connectivity index (χ0) is 13.0. The number of hydrogen-bond acceptors (Lipinski definition) is 1. The summed E-state index contributed by atoms with van der Waals surface area (Å²) in [5, 5.41) is 3.46. The molecule has 1 aliphatic carbocycles. The van der Waals surface area contributed by atoms with Crippen LogP contribution >= 0.6 is 15.9 Å². The van der Waals surface area contributed by atoms with E-state index in [1.54, 1.807) is 12.1 Å². The molecule has 0 spiro atoms. The van der Waals surface area contributed by atoms with Crippen molar-refractivity contribution in [2.45, 2.75) is 44.6 Å². The van der Waals surface area contributed by atoms with Gasteiger partial charge in [0, 0.05) is 10.5 Å². The van der Waals surface area contributed by atoms with Crippen LogP contribution < -0.4 is 5.32 Å². The molecule has 1 fully saturated rings. The molecule has 3 heteroatoms. The van der Waals surface area contributed by atoms with Gasteiger partial charge in [-0.3, -0.25) is 0 Å². The van der Waals surface area contributed by atoms with Crippen LogP contribution in [0.1, 0.15) is 37.7 Å². The molecular weight excluding hydrogens is 293 g/mol. The molecule has 18 heavy (non-hydrogen) atoms. The van der Waals surface area contributed by atoms with Crippen molar-refractivity contribution >= 4 is 15.9 Å². The molecule has 100 valence electrons. The van der Waals surface area contributed by atoms with E-state index in [9.17, 15) is 4.39 Å². The van der Waals surface area contributed by atoms with Gasteiger partial charge < -0.3 is 5.32 Å². The van der Waals surface area contributed by atoms with E-state index in [0.29, 0.717) is 6.04 Å². The Kier molecular flexibility index (Phi) is 5.19. The molecule has 0 heterocycles. The van der Waals surface area contributed by atoms with Crippen molar-refractivity contribution in [3.63, 3.8) is 0 Å². The summed E-state index contributed by atoms with van der Waals surface area (Å²) in [5.74, 6) is 0.654. The summed E-state index contributed by atoms with van der Waals surface area (Å²) in [6.07, 6.45) is 7.60. The van der Waals surface area contributed by atoms with Gasteiger partial charge in [-0.1, -0.05) is 34.8 Å². The molecule has 1 saturated carbocycles. The van der Waals surface area contributed by atoms with Crippen molar-refractivity contribution in [3.8, 4) is 0 Å². The highest BCUT2D eigenvalue weighted by molar-refractivity contribution is 9.10. The Morgan fingerprint density at radius 3 is 2.72 bits per heavy atom. The molecule has 0 aromatic heterocycles. The number of halogens is 2. The van der Waals surface area contributed by atoms with Crippen LogP contribution in [-0.4, -0.2) is 13.1 Å². The van der Waals surface area contributed by atoms with E-state index >= 15 is 0 Å². The second-order valence-corrected chi connectivity index (χ2v) is 6.07. The second-order valence-electron chi connectivity index (χ2n) is 5.21. The first-order chi connectivity index (χ1) is 8.70. The van der Waals surface area contributed by atoms with E-state index in [2.05, 4.69) is 28.3 Å². The second kappa shape index (κ2) is 6.67. The summed E-state index contributed by atoms with van der Waals surface area (Å²) in [6, 6.07) is 5.59. The van der Waals surface area contributed by atoms with Crippen LogP contribution in [0.4, 0.5) is 4.39 Å². The van der Waals surface area contributed by atoms with Gasteiger partial charge in [0.2, 0.25) is 0 Å². The van der Waals surface area contributed by atoms with E-state index < -0.39 is 0 Å². The van der Waals surface area contributed by atoms with E-state index in [4.69, 9.17) is 0 Å². The fraction of sp³-hybridized carbons (Fsp3) is 0.600. The lowest BCUT2D eigenvalue weighted by atomic mass is 9.92. The number of aryl methyl sites for hydroxylation is 1. The smallest absolute Gasteiger partial charge is 0.124 e. The molecule has 1 atom stereocenters. The average Bonchev–Trinajstić information content (AvgIpc) is 2.86. The Bertz CT molecular complexity index is 388. The fourth-order valence-electron chi connectivity index (χ4n) is 3.01. The Labute approximate surface area is 117 Å². The van der Waals surface area contributed by atoms with Crippen molar-refractivity contribution < 1.29 is 4.39 Å². The van der Waals surface area contributed by atoms with Crippen LogP contribution in [0.3, 0.4) is 0 Å². The number of rotatable bonds is 5. The van der Waals surface area contributed by atoms with Gasteiger partial charge in [0.15, 0.2) is 0 Å². The third-order valence-corrected chi connectivity index (χ3v) is 4.82. The molecule has 0 radical (unpaired) electrons. The Morgan fingerprint density at radius 2 is 2.11 bits per heavy atom. The highest BCUT2D eigenvalue weighted by atomic mass is 79.9. The Balaban J connectivity index is 1.92. The van der Waals surface area contributed by atoms with Gasteiger partial charge in [-0.15, -0.1) is 0 Å². The zero-order valence-corrected chi connectivity index (χ0v) is 12.5. The first kappa shape index (κ1) is 14.0. The minimum absolute atomic E-state index is 0.174. The van der Waals surface area contributed by atoms with Crippen molar-refractivity contribution in [1.82, 2.24) is 5.32 Å². The molecule has 1 unspecified atom stereocenters. The lowest BCUT2D eigenvalue weighted by Crippen LogP contribution is -2.32. The zero-order valence-electron chi connectivity index (χ0n) is 10.9. The van der Waals surface area contributed by atoms with Gasteiger partial charge in [-0.25, -0.2) is 4.39 Å². The number of benzene rings is 1. The third kappa shape index (κ3) is 3.55. The number of hydrogen-bond donors (Lipinski definition) is 1. The van der Waals surface area contributed by atoms with Crippen LogP contribution in [0.5, 0.6) is 0 Å². The maximum absolute atomic E-state index is 13.0. The highest BCUT2D eigenvalue weighted by Gasteiger charge is 2.23. The van der Waals surface area contributed by atoms with Crippen molar-refractivity contribution in [2.75, 3.05) is 7.05 Å². The van der Waals surface area contributed by atoms with Gasteiger partial charge >= 0.3 is 0 Å². The summed E-state index contributed by atoms with van der Waals surface area (Å²) >= 11 is 3.44. The largest absolute Gasteiger partial charge is 0.317 e. The quantitative estimate of drug-likeness (QED) is 0.854. The van der Waals surface area contributed by atoms with Crippen LogP contribution in [0.15, 0.2) is 22.7 Å². The van der Waals surface area contributed by atoms with Crippen molar-refractivity contribution in [2.24, 2.45) is 5.92 Å². The first-order valence-electron chi connectivity index (χ1n) is 6.82. The maximum atomic E-state index is 13.0. The van der Waals surface area contributed by atoms with Crippen molar-refractivity contribution in [3.05, 3.63) is 34.1 Å². The standard InChI is InChI=1S/C15H21BrFN/c1-18-15(12-4-2-3-5-12)9-7-11-6-8-13(17)10-14(11)16/h6,8,10,12,15,18H,2-5,7,9H2,1H3. The first-order valence-corrected chi connectivity index (χ1v) is 7.61. The van der Waals surface area contributed by atoms with Crippen LogP contribution in [0.2, 0.25) is 0 Å². The van der Waals surface area contributed by atoms with Crippen LogP contribution in [-0.2, 0) is 6.42 Å². The molecule has 0 saturated heterocycles. The van der Waals surface area contributed by atoms with E-state index in [1.807, 2.05) is 6.07 Å². The topological polar surface area (TPSA) is 12.0 Å². The average molecular weight is 314 g/mol. The van der Waals surface area contributed by atoms with Gasteiger partial charge in [-0.05, 0) is 56.3 Å². The molecule has 0 aliphatic heterocycles. The lowest BCUT2D eigenvalue weighted by Gasteiger charge is -2.23. The normalized spacial score (nSPS) is 18.2. The van der Waals surface area contributed by atoms with Gasteiger partial charge in [-0.2, -0.15) is 0 Å². The summed E-state index contributed by atoms with van der Waals surface area (Å²) in [4.78, 5) is 0. The van der Waals surface area contributed by atoms with E-state index in [1.165, 1.54) is 31.2 Å². The molecule has 1 nitrogen and oxygen atoms in total. The summed E-state index contributed by atoms with van der Waals surface area (Å²) in [7, 11) is 2.06. The van der Waals surface area contributed by atoms with E-state index in [0.717, 1.165) is 23.2 Å². The summed E-state index contributed by atoms with van der Waals surface area (Å²) in [6.45, 7) is 0. The predicted molar refractivity (Wildman–Crippen MR) is 77.2 cm³/mol. The molecule has 1 aromatic carbocycles. The highest BCUT2D eigenvalue weighted by Crippen LogP contribution is 2.30. The molecule has 2 rings (SSSR count). The summed E-state index contributed by atoms with van der Waals surface area (Å²) < 4.78 is 13.9. The molecule has 0 amide bonds. The number of nitrogens with one attached hydrogen (secondary N) is 1. The Morgan fingerprint density at radius 1 is 1.39 bits per heavy atom. The van der Waals surface area contributed by atoms with Crippen LogP contribution in [0.25, 0.3) is 0 Å². The molecular formula is C15H21BrFN. The predicted octanol–water partition coefficient (Wildman–Crippen LogP) is 4.30. The van der Waals surface area contributed by atoms with E-state index in [-0.39, 0.29) is 5.82 Å². The monoisotopic (exact) mass is 313 g/mol. The minimum Gasteiger partial charge on any atom is -0.317 e. The molecule has 1 N–H and O–H groups in total. The molecule has 1 aliphatic rings. The Hall–Kier alpha value is -0.410. The fourth-order valence-corrected chi connectivity index (χ4v) is 3.56. The van der Waals surface area contributed by atoms with Gasteiger partial charge in [0.05, 0.1) is 0 Å². The molecule has 1 aromatic rings. The lowest BCUT2D eigenvalue weighted by molar-refractivity contribution is 0.360. The van der Waals surface area contributed by atoms with Gasteiger partial charge in [0.25, 0.3) is 0 Å². The maximum Gasteiger partial charge on any atom is 0.124 e. The minimum atomic E-state index is -0.174. The summed E-state index contributed by atoms with van der Waals surface area (Å²) in [5.41, 5.74) is 1.20. The van der Waals surface area contributed by atoms with Crippen molar-refractivity contribution in [1.29, 1.82) is 0 Å². The van der Waals surface area contributed by atoms with Gasteiger partial charge in [0.1, 0.15) is 5.82 Å².